The summed E-state index contributed by atoms with van der Waals surface area (Å²) in [6, 6.07) is 15.7. The molecule has 0 bridgehead atoms. The normalized spacial score (nSPS) is 13.6. The average molecular weight is 435 g/mol. The molecular formula is C26H30N2O4. The molecule has 6 heteroatoms. The van der Waals surface area contributed by atoms with E-state index in [0.29, 0.717) is 22.5 Å². The highest BCUT2D eigenvalue weighted by Crippen LogP contribution is 2.33. The van der Waals surface area contributed by atoms with Crippen molar-refractivity contribution >= 4 is 23.3 Å². The molecule has 0 aliphatic heterocycles. The molecule has 2 N–H and O–H groups in total. The highest BCUT2D eigenvalue weighted by atomic mass is 16.5. The van der Waals surface area contributed by atoms with E-state index in [0.717, 1.165) is 22.5 Å². The fraction of sp³-hybridized carbons (Fsp3) is 0.308. The second-order valence-electron chi connectivity index (χ2n) is 7.69. The van der Waals surface area contributed by atoms with Crippen LogP contribution in [-0.2, 0) is 19.1 Å². The molecule has 0 unspecified atom stereocenters. The molecule has 3 rings (SSSR count). The number of hydrogen-bond acceptors (Lipinski definition) is 6. The van der Waals surface area contributed by atoms with E-state index in [2.05, 4.69) is 10.6 Å². The van der Waals surface area contributed by atoms with Gasteiger partial charge in [0, 0.05) is 35.6 Å². The minimum atomic E-state index is -0.395. The van der Waals surface area contributed by atoms with Crippen molar-refractivity contribution in [3.63, 3.8) is 0 Å². The predicted molar refractivity (Wildman–Crippen MR) is 126 cm³/mol. The Morgan fingerprint density at radius 3 is 1.34 bits per heavy atom. The lowest BCUT2D eigenvalue weighted by Gasteiger charge is -2.26. The second kappa shape index (κ2) is 10.7. The standard InChI is InChI=1S/C26H30N2O4/c1-5-31-25(29)21-15-24(28-20-13-9-18(4)10-14-20)22(26(30)32-6-2)16-23(21)27-19-11-7-17(3)8-12-19/h7-14,27-28H,5-6,15-16H2,1-4H3. The van der Waals surface area contributed by atoms with Crippen molar-refractivity contribution in [1.29, 1.82) is 0 Å². The van der Waals surface area contributed by atoms with Crippen LogP contribution in [0.1, 0.15) is 37.8 Å². The van der Waals surface area contributed by atoms with Crippen LogP contribution in [0.5, 0.6) is 0 Å². The number of carbonyl (C=O) groups is 2. The Balaban J connectivity index is 1.98. The molecule has 168 valence electrons. The van der Waals surface area contributed by atoms with E-state index >= 15 is 0 Å². The lowest BCUT2D eigenvalue weighted by molar-refractivity contribution is -0.140. The van der Waals surface area contributed by atoms with E-state index in [4.69, 9.17) is 9.47 Å². The Morgan fingerprint density at radius 1 is 0.688 bits per heavy atom. The van der Waals surface area contributed by atoms with Crippen molar-refractivity contribution in [2.24, 2.45) is 0 Å². The van der Waals surface area contributed by atoms with Crippen molar-refractivity contribution in [3.8, 4) is 0 Å². The minimum absolute atomic E-state index is 0.231. The van der Waals surface area contributed by atoms with Crippen LogP contribution in [0.15, 0.2) is 71.1 Å². The van der Waals surface area contributed by atoms with E-state index in [9.17, 15) is 9.59 Å². The first-order valence-electron chi connectivity index (χ1n) is 10.9. The first-order chi connectivity index (χ1) is 15.4. The number of hydrogen-bond donors (Lipinski definition) is 2. The number of aryl methyl sites for hydroxylation is 2. The Morgan fingerprint density at radius 2 is 1.03 bits per heavy atom. The zero-order chi connectivity index (χ0) is 23.1. The molecule has 2 aromatic rings. The summed E-state index contributed by atoms with van der Waals surface area (Å²) >= 11 is 0. The van der Waals surface area contributed by atoms with Gasteiger partial charge in [0.25, 0.3) is 0 Å². The summed E-state index contributed by atoms with van der Waals surface area (Å²) in [6.45, 7) is 8.13. The summed E-state index contributed by atoms with van der Waals surface area (Å²) in [5.41, 5.74) is 6.22. The van der Waals surface area contributed by atoms with Gasteiger partial charge in [0.2, 0.25) is 0 Å². The SMILES string of the molecule is CCOC(=O)C1=C(Nc2ccc(C)cc2)CC(C(=O)OCC)=C(Nc2ccc(C)cc2)C1. The number of anilines is 2. The third-order valence-corrected chi connectivity index (χ3v) is 5.17. The van der Waals surface area contributed by atoms with Gasteiger partial charge in [-0.05, 0) is 52.0 Å². The Bertz CT molecular complexity index is 949. The van der Waals surface area contributed by atoms with E-state index in [1.54, 1.807) is 13.8 Å². The number of esters is 2. The van der Waals surface area contributed by atoms with Crippen molar-refractivity contribution < 1.29 is 19.1 Å². The highest BCUT2D eigenvalue weighted by Gasteiger charge is 2.30. The molecule has 0 saturated heterocycles. The monoisotopic (exact) mass is 434 g/mol. The van der Waals surface area contributed by atoms with Gasteiger partial charge in [0.1, 0.15) is 0 Å². The summed E-state index contributed by atoms with van der Waals surface area (Å²) in [5, 5.41) is 6.65. The lowest BCUT2D eigenvalue weighted by Crippen LogP contribution is -2.25. The number of ether oxygens (including phenoxy) is 2. The molecule has 0 spiro atoms. The van der Waals surface area contributed by atoms with Gasteiger partial charge in [-0.25, -0.2) is 9.59 Å². The molecule has 0 atom stereocenters. The predicted octanol–water partition coefficient (Wildman–Crippen LogP) is 5.26. The van der Waals surface area contributed by atoms with Gasteiger partial charge in [-0.1, -0.05) is 35.4 Å². The van der Waals surface area contributed by atoms with Crippen molar-refractivity contribution in [2.45, 2.75) is 40.5 Å². The summed E-state index contributed by atoms with van der Waals surface area (Å²) in [4.78, 5) is 25.6. The van der Waals surface area contributed by atoms with Gasteiger partial charge < -0.3 is 20.1 Å². The molecule has 1 aliphatic rings. The van der Waals surface area contributed by atoms with Crippen LogP contribution in [0.3, 0.4) is 0 Å². The second-order valence-corrected chi connectivity index (χ2v) is 7.69. The quantitative estimate of drug-likeness (QED) is 0.552. The maximum atomic E-state index is 12.8. The van der Waals surface area contributed by atoms with Crippen LogP contribution in [0.2, 0.25) is 0 Å². The van der Waals surface area contributed by atoms with Crippen LogP contribution in [0.25, 0.3) is 0 Å². The molecule has 0 aromatic heterocycles. The highest BCUT2D eigenvalue weighted by molar-refractivity contribution is 5.96. The first kappa shape index (κ1) is 23.1. The summed E-state index contributed by atoms with van der Waals surface area (Å²) in [7, 11) is 0. The fourth-order valence-electron chi connectivity index (χ4n) is 3.47. The molecule has 0 saturated carbocycles. The van der Waals surface area contributed by atoms with Crippen LogP contribution >= 0.6 is 0 Å². The summed E-state index contributed by atoms with van der Waals surface area (Å²) < 4.78 is 10.6. The van der Waals surface area contributed by atoms with Crippen molar-refractivity contribution in [3.05, 3.63) is 82.2 Å². The zero-order valence-electron chi connectivity index (χ0n) is 19.1. The maximum Gasteiger partial charge on any atom is 0.336 e. The number of benzene rings is 2. The molecule has 32 heavy (non-hydrogen) atoms. The van der Waals surface area contributed by atoms with Gasteiger partial charge in [-0.3, -0.25) is 0 Å². The maximum absolute atomic E-state index is 12.8. The van der Waals surface area contributed by atoms with Gasteiger partial charge >= 0.3 is 11.9 Å². The fourth-order valence-corrected chi connectivity index (χ4v) is 3.47. The Labute approximate surface area is 189 Å². The molecule has 0 fully saturated rings. The van der Waals surface area contributed by atoms with Crippen molar-refractivity contribution in [1.82, 2.24) is 0 Å². The van der Waals surface area contributed by atoms with Gasteiger partial charge in [0.15, 0.2) is 0 Å². The summed E-state index contributed by atoms with van der Waals surface area (Å²) in [6.07, 6.45) is 0.462. The largest absolute Gasteiger partial charge is 0.463 e. The third-order valence-electron chi connectivity index (χ3n) is 5.17. The van der Waals surface area contributed by atoms with Crippen LogP contribution < -0.4 is 10.6 Å². The molecule has 0 radical (unpaired) electrons. The topological polar surface area (TPSA) is 76.7 Å². The lowest BCUT2D eigenvalue weighted by atomic mass is 9.92. The van der Waals surface area contributed by atoms with E-state index in [-0.39, 0.29) is 26.1 Å². The number of carbonyl (C=O) groups excluding carboxylic acids is 2. The van der Waals surface area contributed by atoms with Crippen LogP contribution in [-0.4, -0.2) is 25.2 Å². The minimum Gasteiger partial charge on any atom is -0.463 e. The smallest absolute Gasteiger partial charge is 0.336 e. The van der Waals surface area contributed by atoms with Gasteiger partial charge in [0.05, 0.1) is 24.4 Å². The number of rotatable bonds is 8. The molecule has 1 aliphatic carbocycles. The molecule has 0 amide bonds. The number of nitrogens with one attached hydrogen (secondary N) is 2. The summed E-state index contributed by atoms with van der Waals surface area (Å²) in [5.74, 6) is -0.790. The Hall–Kier alpha value is -3.54. The van der Waals surface area contributed by atoms with Crippen LogP contribution in [0.4, 0.5) is 11.4 Å². The molecule has 0 heterocycles. The van der Waals surface area contributed by atoms with E-state index in [1.807, 2.05) is 62.4 Å². The van der Waals surface area contributed by atoms with Gasteiger partial charge in [-0.15, -0.1) is 0 Å². The molecule has 2 aromatic carbocycles. The number of allylic oxidation sites excluding steroid dienone is 2. The van der Waals surface area contributed by atoms with Crippen LogP contribution in [0, 0.1) is 13.8 Å². The van der Waals surface area contributed by atoms with E-state index in [1.165, 1.54) is 0 Å². The zero-order valence-corrected chi connectivity index (χ0v) is 19.1. The van der Waals surface area contributed by atoms with Crippen molar-refractivity contribution in [2.75, 3.05) is 23.8 Å². The molecular weight excluding hydrogens is 404 g/mol. The van der Waals surface area contributed by atoms with E-state index < -0.39 is 11.9 Å². The molecule has 6 nitrogen and oxygen atoms in total. The van der Waals surface area contributed by atoms with Gasteiger partial charge in [-0.2, -0.15) is 0 Å². The third kappa shape index (κ3) is 5.78. The Kier molecular flexibility index (Phi) is 7.71. The average Bonchev–Trinajstić information content (AvgIpc) is 2.78. The first-order valence-corrected chi connectivity index (χ1v) is 10.9.